The van der Waals surface area contributed by atoms with E-state index in [2.05, 4.69) is 6.92 Å². The van der Waals surface area contributed by atoms with E-state index in [0.29, 0.717) is 5.75 Å². The van der Waals surface area contributed by atoms with Crippen LogP contribution in [0.3, 0.4) is 0 Å². The Morgan fingerprint density at radius 1 is 1.33 bits per heavy atom. The van der Waals surface area contributed by atoms with Crippen molar-refractivity contribution in [3.05, 3.63) is 35.7 Å². The van der Waals surface area contributed by atoms with Gasteiger partial charge in [-0.1, -0.05) is 34.6 Å². The van der Waals surface area contributed by atoms with Crippen molar-refractivity contribution in [3.8, 4) is 5.75 Å². The van der Waals surface area contributed by atoms with Crippen LogP contribution in [0.5, 0.6) is 5.75 Å². The molecule has 0 aliphatic carbocycles. The molecule has 5 heteroatoms. The molecule has 0 aliphatic rings. The van der Waals surface area contributed by atoms with E-state index in [1.165, 1.54) is 6.42 Å². The maximum Gasteiger partial charge on any atom is 0.118 e. The number of rotatable bonds is 8. The first-order valence-corrected chi connectivity index (χ1v) is 9.43. The molecular formula is C13H18O2S3. The summed E-state index contributed by atoms with van der Waals surface area (Å²) in [4.78, 5) is 0.840. The highest BCUT2D eigenvalue weighted by atomic mass is 33.1. The van der Waals surface area contributed by atoms with E-state index in [4.69, 9.17) is 4.74 Å². The standard InChI is InChI=1S/C13H18O2S3/c1-3-9-16-17-10-4-11-18(14)13-7-5-12(15-2)6-8-13/h4-8,10H,3,9,11H2,1-2H3. The van der Waals surface area contributed by atoms with Crippen LogP contribution in [0.15, 0.2) is 40.6 Å². The lowest BCUT2D eigenvalue weighted by molar-refractivity contribution is 0.414. The molecule has 100 valence electrons. The molecule has 1 aromatic rings. The summed E-state index contributed by atoms with van der Waals surface area (Å²) >= 11 is 0. The van der Waals surface area contributed by atoms with Crippen molar-refractivity contribution in [3.63, 3.8) is 0 Å². The van der Waals surface area contributed by atoms with Gasteiger partial charge in [0.05, 0.1) is 17.9 Å². The van der Waals surface area contributed by atoms with Gasteiger partial charge in [-0.15, -0.1) is 0 Å². The molecule has 2 nitrogen and oxygen atoms in total. The summed E-state index contributed by atoms with van der Waals surface area (Å²) in [6.07, 6.45) is 3.15. The monoisotopic (exact) mass is 302 g/mol. The van der Waals surface area contributed by atoms with Crippen LogP contribution < -0.4 is 4.74 Å². The Hall–Kier alpha value is -0.390. The van der Waals surface area contributed by atoms with E-state index in [1.54, 1.807) is 17.9 Å². The second-order valence-electron chi connectivity index (χ2n) is 3.48. The van der Waals surface area contributed by atoms with Crippen molar-refractivity contribution >= 4 is 32.4 Å². The van der Waals surface area contributed by atoms with Crippen molar-refractivity contribution in [2.24, 2.45) is 0 Å². The zero-order valence-electron chi connectivity index (χ0n) is 10.6. The van der Waals surface area contributed by atoms with E-state index in [0.717, 1.165) is 16.4 Å². The highest BCUT2D eigenvalue weighted by Gasteiger charge is 2.01. The molecule has 0 saturated carbocycles. The minimum Gasteiger partial charge on any atom is -0.497 e. The second kappa shape index (κ2) is 9.53. The van der Waals surface area contributed by atoms with E-state index in [1.807, 2.05) is 46.5 Å². The second-order valence-corrected chi connectivity index (χ2v) is 7.37. The van der Waals surface area contributed by atoms with Gasteiger partial charge in [0.15, 0.2) is 0 Å². The van der Waals surface area contributed by atoms with Gasteiger partial charge in [0.25, 0.3) is 0 Å². The Kier molecular flexibility index (Phi) is 8.29. The van der Waals surface area contributed by atoms with Gasteiger partial charge in [-0.2, -0.15) is 0 Å². The van der Waals surface area contributed by atoms with Crippen LogP contribution in [-0.4, -0.2) is 22.8 Å². The van der Waals surface area contributed by atoms with Gasteiger partial charge in [0, 0.05) is 16.4 Å². The molecule has 0 fully saturated rings. The number of methoxy groups -OCH3 is 1. The van der Waals surface area contributed by atoms with Gasteiger partial charge in [-0.3, -0.25) is 4.21 Å². The minimum atomic E-state index is -0.966. The van der Waals surface area contributed by atoms with Gasteiger partial charge in [0.2, 0.25) is 0 Å². The Morgan fingerprint density at radius 3 is 2.67 bits per heavy atom. The van der Waals surface area contributed by atoms with E-state index in [9.17, 15) is 4.21 Å². The summed E-state index contributed by atoms with van der Waals surface area (Å²) in [5.74, 6) is 2.50. The maximum atomic E-state index is 11.9. The van der Waals surface area contributed by atoms with Crippen LogP contribution in [0.4, 0.5) is 0 Å². The summed E-state index contributed by atoms with van der Waals surface area (Å²) < 4.78 is 17.0. The van der Waals surface area contributed by atoms with E-state index < -0.39 is 10.8 Å². The molecule has 0 heterocycles. The fraction of sp³-hybridized carbons (Fsp3) is 0.385. The quantitative estimate of drug-likeness (QED) is 0.533. The number of benzene rings is 1. The van der Waals surface area contributed by atoms with Gasteiger partial charge in [0.1, 0.15) is 5.75 Å². The van der Waals surface area contributed by atoms with Crippen molar-refractivity contribution in [2.75, 3.05) is 18.6 Å². The average Bonchev–Trinajstić information content (AvgIpc) is 2.42. The smallest absolute Gasteiger partial charge is 0.118 e. The molecule has 18 heavy (non-hydrogen) atoms. The SMILES string of the molecule is CCCSSC=CCS(=O)c1ccc(OC)cc1. The largest absolute Gasteiger partial charge is 0.497 e. The third-order valence-corrected chi connectivity index (χ3v) is 5.63. The van der Waals surface area contributed by atoms with Gasteiger partial charge in [-0.25, -0.2) is 0 Å². The normalized spacial score (nSPS) is 12.8. The van der Waals surface area contributed by atoms with Crippen LogP contribution in [0.25, 0.3) is 0 Å². The molecule has 0 spiro atoms. The molecule has 0 bridgehead atoms. The highest BCUT2D eigenvalue weighted by Crippen LogP contribution is 2.23. The van der Waals surface area contributed by atoms with Crippen LogP contribution in [0, 0.1) is 0 Å². The van der Waals surface area contributed by atoms with Crippen molar-refractivity contribution < 1.29 is 8.95 Å². The molecule has 1 atom stereocenters. The predicted molar refractivity (Wildman–Crippen MR) is 83.7 cm³/mol. The molecule has 0 radical (unpaired) electrons. The molecule has 0 saturated heterocycles. The van der Waals surface area contributed by atoms with Gasteiger partial charge < -0.3 is 4.74 Å². The molecule has 0 N–H and O–H groups in total. The number of ether oxygens (including phenoxy) is 1. The molecular weight excluding hydrogens is 284 g/mol. The first kappa shape index (κ1) is 15.7. The Morgan fingerprint density at radius 2 is 2.06 bits per heavy atom. The zero-order chi connectivity index (χ0) is 13.2. The molecule has 1 rings (SSSR count). The molecule has 0 amide bonds. The highest BCUT2D eigenvalue weighted by molar-refractivity contribution is 8.77. The average molecular weight is 302 g/mol. The number of hydrogen-bond donors (Lipinski definition) is 0. The number of hydrogen-bond acceptors (Lipinski definition) is 4. The van der Waals surface area contributed by atoms with Crippen LogP contribution in [0.1, 0.15) is 13.3 Å². The molecule has 0 aliphatic heterocycles. The van der Waals surface area contributed by atoms with Gasteiger partial charge in [-0.05, 0) is 36.1 Å². The Bertz CT molecular complexity index is 388. The summed E-state index contributed by atoms with van der Waals surface area (Å²) in [5, 5.41) is 2.02. The fourth-order valence-electron chi connectivity index (χ4n) is 1.16. The van der Waals surface area contributed by atoms with Crippen molar-refractivity contribution in [1.29, 1.82) is 0 Å². The predicted octanol–water partition coefficient (Wildman–Crippen LogP) is 4.11. The van der Waals surface area contributed by atoms with Crippen LogP contribution in [0.2, 0.25) is 0 Å². The van der Waals surface area contributed by atoms with Crippen molar-refractivity contribution in [1.82, 2.24) is 0 Å². The first-order valence-electron chi connectivity index (χ1n) is 5.73. The lowest BCUT2D eigenvalue weighted by Crippen LogP contribution is -1.94. The van der Waals surface area contributed by atoms with Crippen LogP contribution >= 0.6 is 21.6 Å². The summed E-state index contributed by atoms with van der Waals surface area (Å²) in [6, 6.07) is 7.37. The molecule has 0 aromatic heterocycles. The van der Waals surface area contributed by atoms with E-state index >= 15 is 0 Å². The van der Waals surface area contributed by atoms with E-state index in [-0.39, 0.29) is 0 Å². The zero-order valence-corrected chi connectivity index (χ0v) is 13.1. The summed E-state index contributed by atoms with van der Waals surface area (Å²) in [7, 11) is 4.18. The lowest BCUT2D eigenvalue weighted by atomic mass is 10.3. The molecule has 1 aromatic carbocycles. The topological polar surface area (TPSA) is 26.3 Å². The van der Waals surface area contributed by atoms with Gasteiger partial charge >= 0.3 is 0 Å². The fourth-order valence-corrected chi connectivity index (χ4v) is 3.96. The third kappa shape index (κ3) is 5.98. The molecule has 1 unspecified atom stereocenters. The Labute approximate surface area is 119 Å². The minimum absolute atomic E-state index is 0.562. The lowest BCUT2D eigenvalue weighted by Gasteiger charge is -2.01. The van der Waals surface area contributed by atoms with Crippen LogP contribution in [-0.2, 0) is 10.8 Å². The summed E-state index contributed by atoms with van der Waals surface area (Å²) in [6.45, 7) is 2.16. The third-order valence-electron chi connectivity index (χ3n) is 2.08. The Balaban J connectivity index is 2.35. The summed E-state index contributed by atoms with van der Waals surface area (Å²) in [5.41, 5.74) is 0. The first-order chi connectivity index (χ1) is 8.77. The maximum absolute atomic E-state index is 11.9. The van der Waals surface area contributed by atoms with Crippen molar-refractivity contribution in [2.45, 2.75) is 18.2 Å².